The molecule has 1 aliphatic rings. The van der Waals surface area contributed by atoms with Gasteiger partial charge < -0.3 is 9.64 Å². The number of halogens is 1. The Morgan fingerprint density at radius 2 is 2.12 bits per heavy atom. The lowest BCUT2D eigenvalue weighted by Crippen LogP contribution is -2.39. The largest absolute Gasteiger partial charge is 0.493 e. The fourth-order valence-electron chi connectivity index (χ4n) is 2.84. The van der Waals surface area contributed by atoms with Gasteiger partial charge >= 0.3 is 0 Å². The Morgan fingerprint density at radius 3 is 2.83 bits per heavy atom. The summed E-state index contributed by atoms with van der Waals surface area (Å²) >= 11 is 0. The van der Waals surface area contributed by atoms with Crippen LogP contribution < -0.4 is 4.74 Å². The summed E-state index contributed by atoms with van der Waals surface area (Å²) in [6.07, 6.45) is 5.99. The maximum Gasteiger partial charge on any atom is 0.255 e. The van der Waals surface area contributed by atoms with Crippen LogP contribution in [0.2, 0.25) is 0 Å². The summed E-state index contributed by atoms with van der Waals surface area (Å²) in [6.45, 7) is 3.86. The van der Waals surface area contributed by atoms with Crippen LogP contribution in [0.25, 0.3) is 0 Å². The molecule has 2 aromatic rings. The molecule has 1 aliphatic heterocycles. The van der Waals surface area contributed by atoms with Crippen molar-refractivity contribution < 1.29 is 13.9 Å². The third-order valence-corrected chi connectivity index (χ3v) is 4.21. The molecule has 0 unspecified atom stereocenters. The lowest BCUT2D eigenvalue weighted by molar-refractivity contribution is 0.0660. The van der Waals surface area contributed by atoms with Crippen molar-refractivity contribution in [1.29, 1.82) is 0 Å². The predicted octanol–water partition coefficient (Wildman–Crippen LogP) is 2.86. The number of likely N-dealkylation sites (tertiary alicyclic amines) is 1. The van der Waals surface area contributed by atoms with Crippen molar-refractivity contribution in [1.82, 2.24) is 14.9 Å². The number of hydrogen-bond acceptors (Lipinski definition) is 4. The zero-order valence-electron chi connectivity index (χ0n) is 13.6. The number of hydrogen-bond donors (Lipinski definition) is 0. The summed E-state index contributed by atoms with van der Waals surface area (Å²) in [4.78, 5) is 22.0. The molecule has 5 nitrogen and oxygen atoms in total. The van der Waals surface area contributed by atoms with Crippen LogP contribution >= 0.6 is 0 Å². The van der Waals surface area contributed by atoms with E-state index in [1.807, 2.05) is 19.1 Å². The van der Waals surface area contributed by atoms with Gasteiger partial charge in [0.1, 0.15) is 11.6 Å². The number of pyridine rings is 2. The smallest absolute Gasteiger partial charge is 0.255 e. The van der Waals surface area contributed by atoms with E-state index in [0.717, 1.165) is 30.5 Å². The molecule has 0 N–H and O–H groups in total. The quantitative estimate of drug-likeness (QED) is 0.865. The molecule has 1 fully saturated rings. The Morgan fingerprint density at radius 1 is 1.33 bits per heavy atom. The molecule has 0 aliphatic carbocycles. The highest BCUT2D eigenvalue weighted by Gasteiger charge is 2.24. The van der Waals surface area contributed by atoms with Gasteiger partial charge in [0.05, 0.1) is 18.4 Å². The zero-order chi connectivity index (χ0) is 16.9. The normalized spacial score (nSPS) is 15.3. The first kappa shape index (κ1) is 16.4. The maximum atomic E-state index is 13.2. The fraction of sp³-hybridized carbons (Fsp3) is 0.389. The maximum absolute atomic E-state index is 13.2. The van der Waals surface area contributed by atoms with Crippen LogP contribution in [-0.4, -0.2) is 40.5 Å². The van der Waals surface area contributed by atoms with Crippen LogP contribution in [0.1, 0.15) is 28.9 Å². The molecular weight excluding hydrogens is 309 g/mol. The molecule has 3 rings (SSSR count). The molecule has 24 heavy (non-hydrogen) atoms. The first-order valence-corrected chi connectivity index (χ1v) is 8.07. The second-order valence-electron chi connectivity index (χ2n) is 6.07. The highest BCUT2D eigenvalue weighted by molar-refractivity contribution is 5.93. The third kappa shape index (κ3) is 4.07. The van der Waals surface area contributed by atoms with Crippen LogP contribution in [0.3, 0.4) is 0 Å². The predicted molar refractivity (Wildman–Crippen MR) is 87.3 cm³/mol. The summed E-state index contributed by atoms with van der Waals surface area (Å²) in [5, 5.41) is 0. The molecule has 0 aromatic carbocycles. The van der Waals surface area contributed by atoms with Gasteiger partial charge in [-0.05, 0) is 37.8 Å². The van der Waals surface area contributed by atoms with Gasteiger partial charge in [-0.3, -0.25) is 14.8 Å². The minimum Gasteiger partial charge on any atom is -0.493 e. The van der Waals surface area contributed by atoms with E-state index in [2.05, 4.69) is 9.97 Å². The van der Waals surface area contributed by atoms with Crippen LogP contribution in [0.5, 0.6) is 5.75 Å². The highest BCUT2D eigenvalue weighted by Crippen LogP contribution is 2.21. The van der Waals surface area contributed by atoms with Crippen LogP contribution in [0, 0.1) is 18.7 Å². The molecule has 0 bridgehead atoms. The van der Waals surface area contributed by atoms with Crippen molar-refractivity contribution in [2.45, 2.75) is 19.8 Å². The Hall–Kier alpha value is -2.50. The lowest BCUT2D eigenvalue weighted by atomic mass is 9.97. The van der Waals surface area contributed by atoms with Crippen molar-refractivity contribution in [3.63, 3.8) is 0 Å². The van der Waals surface area contributed by atoms with E-state index < -0.39 is 5.82 Å². The van der Waals surface area contributed by atoms with Gasteiger partial charge in [0.15, 0.2) is 0 Å². The second kappa shape index (κ2) is 7.38. The zero-order valence-corrected chi connectivity index (χ0v) is 13.6. The minimum absolute atomic E-state index is 0.161. The Labute approximate surface area is 140 Å². The van der Waals surface area contributed by atoms with Crippen LogP contribution in [0.15, 0.2) is 36.8 Å². The van der Waals surface area contributed by atoms with Gasteiger partial charge in [-0.1, -0.05) is 0 Å². The van der Waals surface area contributed by atoms with Crippen molar-refractivity contribution in [2.75, 3.05) is 19.7 Å². The number of nitrogens with zero attached hydrogens (tertiary/aromatic N) is 3. The molecule has 0 spiro atoms. The summed E-state index contributed by atoms with van der Waals surface area (Å²) in [5.41, 5.74) is 1.23. The molecule has 0 radical (unpaired) electrons. The Balaban J connectivity index is 1.49. The number of rotatable bonds is 4. The summed E-state index contributed by atoms with van der Waals surface area (Å²) in [6, 6.07) is 4.99. The number of carbonyl (C=O) groups is 1. The molecule has 2 aromatic heterocycles. The summed E-state index contributed by atoms with van der Waals surface area (Å²) in [7, 11) is 0. The SMILES string of the molecule is Cc1cc(OCC2CCN(C(=O)c3cncc(F)c3)CC2)ccn1. The molecule has 0 saturated carbocycles. The van der Waals surface area contributed by atoms with Gasteiger partial charge in [-0.25, -0.2) is 4.39 Å². The van der Waals surface area contributed by atoms with E-state index in [9.17, 15) is 9.18 Å². The molecule has 1 amide bonds. The molecular formula is C18H20FN3O2. The first-order valence-electron chi connectivity index (χ1n) is 8.07. The number of ether oxygens (including phenoxy) is 1. The lowest BCUT2D eigenvalue weighted by Gasteiger charge is -2.31. The number of aryl methyl sites for hydroxylation is 1. The number of aromatic nitrogens is 2. The van der Waals surface area contributed by atoms with Gasteiger partial charge in [0.2, 0.25) is 0 Å². The summed E-state index contributed by atoms with van der Waals surface area (Å²) < 4.78 is 19.0. The van der Waals surface area contributed by atoms with E-state index >= 15 is 0 Å². The average Bonchev–Trinajstić information content (AvgIpc) is 2.60. The van der Waals surface area contributed by atoms with Gasteiger partial charge in [-0.2, -0.15) is 0 Å². The second-order valence-corrected chi connectivity index (χ2v) is 6.07. The molecule has 1 saturated heterocycles. The highest BCUT2D eigenvalue weighted by atomic mass is 19.1. The number of carbonyl (C=O) groups excluding carboxylic acids is 1. The van der Waals surface area contributed by atoms with E-state index in [0.29, 0.717) is 31.2 Å². The topological polar surface area (TPSA) is 55.3 Å². The molecule has 0 atom stereocenters. The minimum atomic E-state index is -0.489. The van der Waals surface area contributed by atoms with E-state index in [-0.39, 0.29) is 5.91 Å². The van der Waals surface area contributed by atoms with Crippen molar-refractivity contribution >= 4 is 5.91 Å². The van der Waals surface area contributed by atoms with E-state index in [4.69, 9.17) is 4.74 Å². The van der Waals surface area contributed by atoms with Gasteiger partial charge in [0, 0.05) is 37.2 Å². The summed E-state index contributed by atoms with van der Waals surface area (Å²) in [5.74, 6) is 0.586. The van der Waals surface area contributed by atoms with E-state index in [1.54, 1.807) is 11.1 Å². The monoisotopic (exact) mass is 329 g/mol. The van der Waals surface area contributed by atoms with Crippen molar-refractivity contribution in [3.8, 4) is 5.75 Å². The van der Waals surface area contributed by atoms with Crippen molar-refractivity contribution in [3.05, 3.63) is 53.9 Å². The Kier molecular flexibility index (Phi) is 5.03. The Bertz CT molecular complexity index is 715. The average molecular weight is 329 g/mol. The van der Waals surface area contributed by atoms with E-state index in [1.165, 1.54) is 12.3 Å². The number of piperidine rings is 1. The van der Waals surface area contributed by atoms with Gasteiger partial charge in [0.25, 0.3) is 5.91 Å². The standard InChI is InChI=1S/C18H20FN3O2/c1-13-8-17(2-5-21-13)24-12-14-3-6-22(7-4-14)18(23)15-9-16(19)11-20-10-15/h2,5,8-11,14H,3-4,6-7,12H2,1H3. The fourth-order valence-corrected chi connectivity index (χ4v) is 2.84. The van der Waals surface area contributed by atoms with Crippen molar-refractivity contribution in [2.24, 2.45) is 5.92 Å². The van der Waals surface area contributed by atoms with Gasteiger partial charge in [-0.15, -0.1) is 0 Å². The number of amides is 1. The molecule has 3 heterocycles. The van der Waals surface area contributed by atoms with Crippen LogP contribution in [0.4, 0.5) is 4.39 Å². The molecule has 6 heteroatoms. The molecule has 126 valence electrons. The van der Waals surface area contributed by atoms with Crippen LogP contribution in [-0.2, 0) is 0 Å². The first-order chi connectivity index (χ1) is 11.6. The third-order valence-electron chi connectivity index (χ3n) is 4.21.